The van der Waals surface area contributed by atoms with E-state index in [0.717, 1.165) is 23.3 Å². The van der Waals surface area contributed by atoms with Crippen LogP contribution in [-0.4, -0.2) is 44.3 Å². The minimum atomic E-state index is -0.197. The molecule has 2 aromatic carbocycles. The van der Waals surface area contributed by atoms with E-state index < -0.39 is 0 Å². The summed E-state index contributed by atoms with van der Waals surface area (Å²) in [5, 5.41) is 22.3. The number of tetrazole rings is 1. The second-order valence-electron chi connectivity index (χ2n) is 7.45. The quantitative estimate of drug-likeness (QED) is 0.565. The largest absolute Gasteiger partial charge is 0.493 e. The molecule has 1 N–H and O–H groups in total. The number of benzene rings is 2. The molecule has 0 saturated carbocycles. The average Bonchev–Trinajstić information content (AvgIpc) is 3.38. The third-order valence-electron chi connectivity index (χ3n) is 5.16. The van der Waals surface area contributed by atoms with Crippen molar-refractivity contribution in [1.29, 1.82) is 0 Å². The summed E-state index contributed by atoms with van der Waals surface area (Å²) >= 11 is 5.93. The number of halogens is 1. The van der Waals surface area contributed by atoms with Gasteiger partial charge in [0.2, 0.25) is 0 Å². The first kappa shape index (κ1) is 20.5. The van der Waals surface area contributed by atoms with Crippen LogP contribution in [0, 0.1) is 0 Å². The molecule has 1 aliphatic heterocycles. The zero-order valence-corrected chi connectivity index (χ0v) is 17.3. The standard InChI is InChI=1S/C22H23ClN4O3/c23-19-4-1-15(2-5-19)13-20(29)14-18(22-24-26-27(25-22)8-9-28)12-16-3-6-21-17(11-16)7-10-30-21/h1-6,11,18,28H,7-10,12-14H2/t18-/m1/s1. The highest BCUT2D eigenvalue weighted by atomic mass is 35.5. The summed E-state index contributed by atoms with van der Waals surface area (Å²) < 4.78 is 5.59. The smallest absolute Gasteiger partial charge is 0.178 e. The first-order chi connectivity index (χ1) is 14.6. The number of ketones is 1. The minimum Gasteiger partial charge on any atom is -0.493 e. The van der Waals surface area contributed by atoms with Crippen LogP contribution in [0.5, 0.6) is 5.75 Å². The second kappa shape index (κ2) is 9.36. The molecule has 156 valence electrons. The van der Waals surface area contributed by atoms with Crippen molar-refractivity contribution in [2.75, 3.05) is 13.2 Å². The lowest BCUT2D eigenvalue weighted by atomic mass is 9.91. The van der Waals surface area contributed by atoms with Gasteiger partial charge >= 0.3 is 0 Å². The Bertz CT molecular complexity index is 1020. The monoisotopic (exact) mass is 426 g/mol. The van der Waals surface area contributed by atoms with E-state index in [9.17, 15) is 4.79 Å². The maximum Gasteiger partial charge on any atom is 0.178 e. The number of rotatable bonds is 9. The first-order valence-corrected chi connectivity index (χ1v) is 10.4. The summed E-state index contributed by atoms with van der Waals surface area (Å²) in [6.45, 7) is 0.911. The molecule has 1 atom stereocenters. The second-order valence-corrected chi connectivity index (χ2v) is 7.89. The fourth-order valence-corrected chi connectivity index (χ4v) is 3.81. The van der Waals surface area contributed by atoms with Crippen LogP contribution >= 0.6 is 11.6 Å². The molecular formula is C22H23ClN4O3. The van der Waals surface area contributed by atoms with Gasteiger partial charge in [-0.25, -0.2) is 0 Å². The van der Waals surface area contributed by atoms with Crippen molar-refractivity contribution < 1.29 is 14.6 Å². The van der Waals surface area contributed by atoms with Crippen LogP contribution in [0.4, 0.5) is 0 Å². The number of carbonyl (C=O) groups excluding carboxylic acids is 1. The number of Topliss-reactive ketones (excluding diaryl/α,β-unsaturated/α-hetero) is 1. The highest BCUT2D eigenvalue weighted by molar-refractivity contribution is 6.30. The molecule has 8 heteroatoms. The van der Waals surface area contributed by atoms with Gasteiger partial charge in [0.1, 0.15) is 11.5 Å². The van der Waals surface area contributed by atoms with Gasteiger partial charge < -0.3 is 9.84 Å². The zero-order chi connectivity index (χ0) is 20.9. The van der Waals surface area contributed by atoms with Crippen molar-refractivity contribution in [2.45, 2.75) is 38.1 Å². The summed E-state index contributed by atoms with van der Waals surface area (Å²) in [7, 11) is 0. The van der Waals surface area contributed by atoms with Gasteiger partial charge in [-0.3, -0.25) is 4.79 Å². The maximum absolute atomic E-state index is 12.8. The Balaban J connectivity index is 1.51. The summed E-state index contributed by atoms with van der Waals surface area (Å²) in [4.78, 5) is 14.2. The molecule has 3 aromatic rings. The van der Waals surface area contributed by atoms with Crippen LogP contribution in [0.15, 0.2) is 42.5 Å². The molecule has 0 aliphatic carbocycles. The van der Waals surface area contributed by atoms with E-state index in [1.165, 1.54) is 10.4 Å². The van der Waals surface area contributed by atoms with Gasteiger partial charge in [-0.1, -0.05) is 35.9 Å². The molecule has 0 saturated heterocycles. The van der Waals surface area contributed by atoms with Crippen LogP contribution in [0.1, 0.15) is 34.9 Å². The van der Waals surface area contributed by atoms with Crippen molar-refractivity contribution in [1.82, 2.24) is 20.2 Å². The molecule has 0 radical (unpaired) electrons. The van der Waals surface area contributed by atoms with Gasteiger partial charge in [-0.2, -0.15) is 4.80 Å². The predicted octanol–water partition coefficient (Wildman–Crippen LogP) is 2.78. The summed E-state index contributed by atoms with van der Waals surface area (Å²) in [6, 6.07) is 13.5. The molecule has 4 rings (SSSR count). The van der Waals surface area contributed by atoms with E-state index >= 15 is 0 Å². The Hall–Kier alpha value is -2.77. The SMILES string of the molecule is O=C(Cc1ccc(Cl)cc1)C[C@@H](Cc1ccc2c(c1)CCO2)c1nnn(CCO)n1. The number of aliphatic hydroxyl groups is 1. The van der Waals surface area contributed by atoms with Crippen LogP contribution in [0.3, 0.4) is 0 Å². The van der Waals surface area contributed by atoms with Crippen LogP contribution < -0.4 is 4.74 Å². The van der Waals surface area contributed by atoms with Crippen molar-refractivity contribution in [2.24, 2.45) is 0 Å². The zero-order valence-electron chi connectivity index (χ0n) is 16.5. The van der Waals surface area contributed by atoms with Gasteiger partial charge in [-0.15, -0.1) is 10.2 Å². The molecule has 1 aromatic heterocycles. The molecule has 0 bridgehead atoms. The predicted molar refractivity (Wildman–Crippen MR) is 112 cm³/mol. The van der Waals surface area contributed by atoms with E-state index in [2.05, 4.69) is 21.5 Å². The van der Waals surface area contributed by atoms with E-state index in [4.69, 9.17) is 21.4 Å². The minimum absolute atomic E-state index is 0.0687. The van der Waals surface area contributed by atoms with Gasteiger partial charge in [0.15, 0.2) is 5.82 Å². The van der Waals surface area contributed by atoms with Crippen molar-refractivity contribution >= 4 is 17.4 Å². The molecule has 7 nitrogen and oxygen atoms in total. The number of hydrogen-bond acceptors (Lipinski definition) is 6. The summed E-state index contributed by atoms with van der Waals surface area (Å²) in [5.74, 6) is 1.36. The Morgan fingerprint density at radius 1 is 1.20 bits per heavy atom. The van der Waals surface area contributed by atoms with E-state index in [-0.39, 0.29) is 24.9 Å². The number of ether oxygens (including phenoxy) is 1. The van der Waals surface area contributed by atoms with Gasteiger partial charge in [0.05, 0.1) is 19.8 Å². The highest BCUT2D eigenvalue weighted by Gasteiger charge is 2.23. The van der Waals surface area contributed by atoms with Crippen molar-refractivity contribution in [3.05, 3.63) is 70.0 Å². The molecule has 0 amide bonds. The number of carbonyl (C=O) groups is 1. The maximum atomic E-state index is 12.8. The Morgan fingerprint density at radius 3 is 2.80 bits per heavy atom. The molecule has 0 fully saturated rings. The third kappa shape index (κ3) is 5.04. The fraction of sp³-hybridized carbons (Fsp3) is 0.364. The summed E-state index contributed by atoms with van der Waals surface area (Å²) in [6.07, 6.45) is 2.16. The number of aliphatic hydroxyl groups excluding tert-OH is 1. The van der Waals surface area contributed by atoms with Crippen molar-refractivity contribution in [3.8, 4) is 5.75 Å². The molecule has 0 spiro atoms. The average molecular weight is 427 g/mol. The Kier molecular flexibility index (Phi) is 6.40. The number of nitrogens with zero attached hydrogens (tertiary/aromatic N) is 4. The number of aromatic nitrogens is 4. The lowest BCUT2D eigenvalue weighted by Crippen LogP contribution is -2.14. The first-order valence-electron chi connectivity index (χ1n) is 10.00. The van der Waals surface area contributed by atoms with Crippen molar-refractivity contribution in [3.63, 3.8) is 0 Å². The van der Waals surface area contributed by atoms with E-state index in [1.54, 1.807) is 12.1 Å². The molecule has 1 aliphatic rings. The van der Waals surface area contributed by atoms with Gasteiger partial charge in [-0.05, 0) is 46.5 Å². The number of hydrogen-bond donors (Lipinski definition) is 1. The van der Waals surface area contributed by atoms with Crippen LogP contribution in [0.25, 0.3) is 0 Å². The lowest BCUT2D eigenvalue weighted by Gasteiger charge is -2.14. The lowest BCUT2D eigenvalue weighted by molar-refractivity contribution is -0.118. The summed E-state index contributed by atoms with van der Waals surface area (Å²) in [5.41, 5.74) is 3.23. The van der Waals surface area contributed by atoms with E-state index in [0.29, 0.717) is 36.7 Å². The topological polar surface area (TPSA) is 90.1 Å². The fourth-order valence-electron chi connectivity index (χ4n) is 3.69. The van der Waals surface area contributed by atoms with Gasteiger partial charge in [0.25, 0.3) is 0 Å². The Morgan fingerprint density at radius 2 is 2.00 bits per heavy atom. The van der Waals surface area contributed by atoms with E-state index in [1.807, 2.05) is 24.3 Å². The Labute approximate surface area is 179 Å². The third-order valence-corrected chi connectivity index (χ3v) is 5.41. The van der Waals surface area contributed by atoms with Crippen LogP contribution in [0.2, 0.25) is 5.02 Å². The molecular weight excluding hydrogens is 404 g/mol. The normalized spacial score (nSPS) is 13.7. The molecule has 2 heterocycles. The van der Waals surface area contributed by atoms with Gasteiger partial charge in [0, 0.05) is 30.2 Å². The molecule has 0 unspecified atom stereocenters. The number of fused-ring (bicyclic) bond motifs is 1. The van der Waals surface area contributed by atoms with Crippen LogP contribution in [-0.2, 0) is 30.6 Å². The molecule has 30 heavy (non-hydrogen) atoms. The highest BCUT2D eigenvalue weighted by Crippen LogP contribution is 2.29.